The van der Waals surface area contributed by atoms with Crippen LogP contribution in [0.25, 0.3) is 11.6 Å². The van der Waals surface area contributed by atoms with Crippen LogP contribution in [-0.4, -0.2) is 51.2 Å². The molecule has 8 heteroatoms. The summed E-state index contributed by atoms with van der Waals surface area (Å²) in [6.07, 6.45) is 4.84. The largest absolute Gasteiger partial charge is 0.497 e. The van der Waals surface area contributed by atoms with Gasteiger partial charge in [0.2, 0.25) is 5.89 Å². The molecular weight excluding hydrogens is 358 g/mol. The molecule has 1 aliphatic rings. The third-order valence-electron chi connectivity index (χ3n) is 4.89. The lowest BCUT2D eigenvalue weighted by Gasteiger charge is -2.30. The molecule has 3 aromatic rings. The molecule has 0 spiro atoms. The van der Waals surface area contributed by atoms with Crippen LogP contribution < -0.4 is 4.74 Å². The maximum absolute atomic E-state index is 12.7. The van der Waals surface area contributed by atoms with Gasteiger partial charge in [-0.2, -0.15) is 0 Å². The predicted octanol–water partition coefficient (Wildman–Crippen LogP) is 2.86. The first-order valence-electron chi connectivity index (χ1n) is 9.20. The van der Waals surface area contributed by atoms with Crippen LogP contribution in [0.4, 0.5) is 0 Å². The van der Waals surface area contributed by atoms with Crippen LogP contribution in [0.2, 0.25) is 0 Å². The quantitative estimate of drug-likeness (QED) is 0.688. The van der Waals surface area contributed by atoms with Gasteiger partial charge >= 0.3 is 0 Å². The molecule has 0 saturated carbocycles. The Balaban J connectivity index is 1.40. The zero-order chi connectivity index (χ0) is 19.5. The van der Waals surface area contributed by atoms with Crippen LogP contribution in [0.15, 0.2) is 41.1 Å². The number of amides is 1. The van der Waals surface area contributed by atoms with Gasteiger partial charge in [-0.15, -0.1) is 10.2 Å². The molecule has 144 valence electrons. The van der Waals surface area contributed by atoms with E-state index in [-0.39, 0.29) is 11.8 Å². The van der Waals surface area contributed by atoms with E-state index in [4.69, 9.17) is 9.15 Å². The van der Waals surface area contributed by atoms with E-state index < -0.39 is 0 Å². The number of carbonyl (C=O) groups is 1. The molecule has 1 saturated heterocycles. The fourth-order valence-corrected chi connectivity index (χ4v) is 3.27. The third-order valence-corrected chi connectivity index (χ3v) is 4.89. The van der Waals surface area contributed by atoms with Crippen molar-refractivity contribution in [3.63, 3.8) is 0 Å². The lowest BCUT2D eigenvalue weighted by atomic mass is 9.96. The first kappa shape index (κ1) is 18.1. The number of nitrogens with zero attached hydrogens (tertiary/aromatic N) is 5. The summed E-state index contributed by atoms with van der Waals surface area (Å²) in [7, 11) is 1.59. The van der Waals surface area contributed by atoms with Gasteiger partial charge in [0.1, 0.15) is 11.4 Å². The Bertz CT molecular complexity index is 962. The molecule has 1 fully saturated rings. The predicted molar refractivity (Wildman–Crippen MR) is 101 cm³/mol. The van der Waals surface area contributed by atoms with Crippen LogP contribution in [-0.2, 0) is 0 Å². The molecule has 1 amide bonds. The Hall–Kier alpha value is -3.29. The number of hydrogen-bond acceptors (Lipinski definition) is 7. The van der Waals surface area contributed by atoms with Crippen molar-refractivity contribution in [3.8, 4) is 17.3 Å². The summed E-state index contributed by atoms with van der Waals surface area (Å²) in [6, 6.07) is 7.23. The Kier molecular flexibility index (Phi) is 5.01. The highest BCUT2D eigenvalue weighted by atomic mass is 16.5. The number of ether oxygens (including phenoxy) is 1. The van der Waals surface area contributed by atoms with Crippen molar-refractivity contribution in [2.45, 2.75) is 25.7 Å². The molecule has 2 aromatic heterocycles. The monoisotopic (exact) mass is 379 g/mol. The van der Waals surface area contributed by atoms with E-state index in [1.54, 1.807) is 25.6 Å². The average Bonchev–Trinajstić information content (AvgIpc) is 3.24. The summed E-state index contributed by atoms with van der Waals surface area (Å²) >= 11 is 0. The van der Waals surface area contributed by atoms with Gasteiger partial charge in [0.15, 0.2) is 0 Å². The minimum Gasteiger partial charge on any atom is -0.497 e. The summed E-state index contributed by atoms with van der Waals surface area (Å²) in [5.74, 6) is 1.79. The van der Waals surface area contributed by atoms with E-state index in [1.165, 1.54) is 0 Å². The van der Waals surface area contributed by atoms with Gasteiger partial charge in [-0.25, -0.2) is 4.98 Å². The van der Waals surface area contributed by atoms with Gasteiger partial charge < -0.3 is 14.1 Å². The van der Waals surface area contributed by atoms with Crippen LogP contribution in [0, 0.1) is 6.92 Å². The Morgan fingerprint density at radius 3 is 2.71 bits per heavy atom. The van der Waals surface area contributed by atoms with Crippen molar-refractivity contribution < 1.29 is 13.9 Å². The van der Waals surface area contributed by atoms with Gasteiger partial charge in [0, 0.05) is 30.8 Å². The molecule has 1 aromatic carbocycles. The van der Waals surface area contributed by atoms with Crippen molar-refractivity contribution in [2.75, 3.05) is 20.2 Å². The highest BCUT2D eigenvalue weighted by molar-refractivity contribution is 5.94. The SMILES string of the molecule is COc1cccc(C(=O)N2CCC(c3nnc(-c4cnc(C)cn4)o3)CC2)c1. The van der Waals surface area contributed by atoms with Crippen molar-refractivity contribution in [2.24, 2.45) is 0 Å². The summed E-state index contributed by atoms with van der Waals surface area (Å²) < 4.78 is 11.0. The number of piperidine rings is 1. The lowest BCUT2D eigenvalue weighted by molar-refractivity contribution is 0.0706. The average molecular weight is 379 g/mol. The maximum Gasteiger partial charge on any atom is 0.267 e. The van der Waals surface area contributed by atoms with Gasteiger partial charge in [0.25, 0.3) is 11.8 Å². The molecule has 0 N–H and O–H groups in total. The molecule has 3 heterocycles. The highest BCUT2D eigenvalue weighted by Crippen LogP contribution is 2.29. The molecule has 1 aliphatic heterocycles. The third kappa shape index (κ3) is 3.71. The molecular formula is C20H21N5O3. The molecule has 0 atom stereocenters. The van der Waals surface area contributed by atoms with Gasteiger partial charge in [-0.1, -0.05) is 6.07 Å². The second kappa shape index (κ2) is 7.75. The van der Waals surface area contributed by atoms with Crippen LogP contribution in [0.1, 0.15) is 40.7 Å². The topological polar surface area (TPSA) is 94.2 Å². The van der Waals surface area contributed by atoms with E-state index in [1.807, 2.05) is 30.0 Å². The number of benzene rings is 1. The highest BCUT2D eigenvalue weighted by Gasteiger charge is 2.28. The number of methoxy groups -OCH3 is 1. The number of aromatic nitrogens is 4. The Morgan fingerprint density at radius 1 is 1.18 bits per heavy atom. The summed E-state index contributed by atoms with van der Waals surface area (Å²) in [5.41, 5.74) is 2.03. The van der Waals surface area contributed by atoms with Crippen LogP contribution >= 0.6 is 0 Å². The molecule has 0 aliphatic carbocycles. The molecule has 0 radical (unpaired) electrons. The van der Waals surface area contributed by atoms with E-state index in [0.29, 0.717) is 41.9 Å². The molecule has 0 bridgehead atoms. The fourth-order valence-electron chi connectivity index (χ4n) is 3.27. The molecule has 8 nitrogen and oxygen atoms in total. The Morgan fingerprint density at radius 2 is 2.00 bits per heavy atom. The first-order valence-corrected chi connectivity index (χ1v) is 9.20. The van der Waals surface area contributed by atoms with Crippen molar-refractivity contribution in [3.05, 3.63) is 53.8 Å². The number of aryl methyl sites for hydroxylation is 1. The normalized spacial score (nSPS) is 14.9. The Labute approximate surface area is 162 Å². The van der Waals surface area contributed by atoms with Crippen LogP contribution in [0.5, 0.6) is 5.75 Å². The van der Waals surface area contributed by atoms with Crippen LogP contribution in [0.3, 0.4) is 0 Å². The van der Waals surface area contributed by atoms with E-state index in [2.05, 4.69) is 20.2 Å². The zero-order valence-electron chi connectivity index (χ0n) is 15.8. The fraction of sp³-hybridized carbons (Fsp3) is 0.350. The summed E-state index contributed by atoms with van der Waals surface area (Å²) in [4.78, 5) is 23.1. The number of hydrogen-bond donors (Lipinski definition) is 0. The minimum atomic E-state index is 0.0125. The molecule has 4 rings (SSSR count). The summed E-state index contributed by atoms with van der Waals surface area (Å²) in [6.45, 7) is 3.15. The van der Waals surface area contributed by atoms with E-state index in [9.17, 15) is 4.79 Å². The zero-order valence-corrected chi connectivity index (χ0v) is 15.8. The maximum atomic E-state index is 12.7. The first-order chi connectivity index (χ1) is 13.6. The minimum absolute atomic E-state index is 0.0125. The van der Waals surface area contributed by atoms with E-state index in [0.717, 1.165) is 18.5 Å². The summed E-state index contributed by atoms with van der Waals surface area (Å²) in [5, 5.41) is 8.28. The molecule has 0 unspecified atom stereocenters. The molecule has 28 heavy (non-hydrogen) atoms. The van der Waals surface area contributed by atoms with Gasteiger partial charge in [-0.3, -0.25) is 9.78 Å². The number of carbonyl (C=O) groups excluding carboxylic acids is 1. The smallest absolute Gasteiger partial charge is 0.267 e. The second-order valence-corrected chi connectivity index (χ2v) is 6.79. The van der Waals surface area contributed by atoms with Crippen molar-refractivity contribution in [1.29, 1.82) is 0 Å². The van der Waals surface area contributed by atoms with Crippen molar-refractivity contribution in [1.82, 2.24) is 25.1 Å². The second-order valence-electron chi connectivity index (χ2n) is 6.79. The van der Waals surface area contributed by atoms with Gasteiger partial charge in [-0.05, 0) is 38.0 Å². The van der Waals surface area contributed by atoms with E-state index >= 15 is 0 Å². The number of rotatable bonds is 4. The van der Waals surface area contributed by atoms with Crippen molar-refractivity contribution >= 4 is 5.91 Å². The van der Waals surface area contributed by atoms with Gasteiger partial charge in [0.05, 0.1) is 19.0 Å². The number of likely N-dealkylation sites (tertiary alicyclic amines) is 1. The lowest BCUT2D eigenvalue weighted by Crippen LogP contribution is -2.38. The standard InChI is InChI=1S/C20H21N5O3/c1-13-11-22-17(12-21-13)19-24-23-18(28-19)14-6-8-25(9-7-14)20(26)15-4-3-5-16(10-15)27-2/h3-5,10-12,14H,6-9H2,1-2H3.